The van der Waals surface area contributed by atoms with Crippen molar-refractivity contribution >= 4 is 51.6 Å². The second-order valence-electron chi connectivity index (χ2n) is 7.50. The molecule has 3 amide bonds. The molecule has 0 radical (unpaired) electrons. The Bertz CT molecular complexity index is 1480. The third-order valence-electron chi connectivity index (χ3n) is 4.97. The van der Waals surface area contributed by atoms with Crippen molar-refractivity contribution in [3.8, 4) is 0 Å². The Balaban J connectivity index is 1.60. The second-order valence-corrected chi connectivity index (χ2v) is 7.94. The summed E-state index contributed by atoms with van der Waals surface area (Å²) >= 11 is 6.02. The number of nitrogens with zero attached hydrogens (tertiary/aromatic N) is 1. The van der Waals surface area contributed by atoms with E-state index in [4.69, 9.17) is 11.6 Å². The molecule has 36 heavy (non-hydrogen) atoms. The molecule has 4 rings (SSSR count). The van der Waals surface area contributed by atoms with Crippen LogP contribution in [-0.2, 0) is 15.8 Å². The van der Waals surface area contributed by atoms with Crippen molar-refractivity contribution in [3.05, 3.63) is 94.9 Å². The average Bonchev–Trinajstić information content (AvgIpc) is 3.17. The number of aromatic nitrogens is 1. The number of fused-ring (bicyclic) bond motifs is 1. The maximum absolute atomic E-state index is 13.2. The summed E-state index contributed by atoms with van der Waals surface area (Å²) in [5.74, 6) is -3.73. The van der Waals surface area contributed by atoms with Gasteiger partial charge in [-0.3, -0.25) is 19.8 Å². The van der Waals surface area contributed by atoms with Gasteiger partial charge in [-0.15, -0.1) is 0 Å². The number of carbonyl (C=O) groups excluding carboxylic acids is 3. The van der Waals surface area contributed by atoms with Gasteiger partial charge in [0.15, 0.2) is 0 Å². The molecule has 0 aliphatic rings. The summed E-state index contributed by atoms with van der Waals surface area (Å²) in [4.78, 5) is 38.0. The lowest BCUT2D eigenvalue weighted by molar-refractivity contribution is -0.137. The summed E-state index contributed by atoms with van der Waals surface area (Å²) < 4.78 is 53.0. The van der Waals surface area contributed by atoms with Crippen molar-refractivity contribution in [1.29, 1.82) is 0 Å². The number of halogens is 5. The fraction of sp³-hybridized carbons (Fsp3) is 0.0417. The van der Waals surface area contributed by atoms with Gasteiger partial charge in [-0.1, -0.05) is 17.7 Å². The molecule has 1 heterocycles. The van der Waals surface area contributed by atoms with Gasteiger partial charge in [0.1, 0.15) is 11.5 Å². The maximum atomic E-state index is 13.2. The Morgan fingerprint density at radius 2 is 1.53 bits per heavy atom. The number of hydrogen-bond donors (Lipinski definition) is 3. The Labute approximate surface area is 205 Å². The molecule has 1 aromatic heterocycles. The van der Waals surface area contributed by atoms with Gasteiger partial charge in [0.2, 0.25) is 0 Å². The highest BCUT2D eigenvalue weighted by atomic mass is 35.5. The molecule has 0 saturated heterocycles. The van der Waals surface area contributed by atoms with E-state index in [9.17, 15) is 31.9 Å². The van der Waals surface area contributed by atoms with Crippen LogP contribution in [0, 0.1) is 5.82 Å². The molecule has 0 unspecified atom stereocenters. The molecule has 7 nitrogen and oxygen atoms in total. The van der Waals surface area contributed by atoms with Gasteiger partial charge >= 0.3 is 18.0 Å². The minimum absolute atomic E-state index is 0.100. The molecule has 0 aliphatic heterocycles. The zero-order chi connectivity index (χ0) is 26.0. The largest absolute Gasteiger partial charge is 0.416 e. The number of amides is 3. The van der Waals surface area contributed by atoms with Gasteiger partial charge < -0.3 is 10.6 Å². The van der Waals surface area contributed by atoms with E-state index in [0.29, 0.717) is 22.0 Å². The molecular formula is C24H15ClF4N4O3. The van der Waals surface area contributed by atoms with Crippen molar-refractivity contribution in [2.45, 2.75) is 6.18 Å². The van der Waals surface area contributed by atoms with E-state index in [1.807, 2.05) is 0 Å². The zero-order valence-electron chi connectivity index (χ0n) is 18.0. The Hall–Kier alpha value is -4.38. The number of alkyl halides is 3. The van der Waals surface area contributed by atoms with E-state index in [0.717, 1.165) is 28.9 Å². The fourth-order valence-corrected chi connectivity index (χ4v) is 3.50. The molecule has 0 bridgehead atoms. The van der Waals surface area contributed by atoms with E-state index in [1.165, 1.54) is 42.5 Å². The second kappa shape index (κ2) is 9.70. The van der Waals surface area contributed by atoms with Crippen molar-refractivity contribution in [2.75, 3.05) is 16.1 Å². The van der Waals surface area contributed by atoms with Gasteiger partial charge in [0.25, 0.3) is 5.91 Å². The van der Waals surface area contributed by atoms with Crippen LogP contribution < -0.4 is 16.1 Å². The lowest BCUT2D eigenvalue weighted by Crippen LogP contribution is -2.36. The van der Waals surface area contributed by atoms with E-state index in [-0.39, 0.29) is 17.1 Å². The first-order valence-electron chi connectivity index (χ1n) is 10.2. The highest BCUT2D eigenvalue weighted by molar-refractivity contribution is 6.42. The predicted octanol–water partition coefficient (Wildman–Crippen LogP) is 5.41. The van der Waals surface area contributed by atoms with E-state index in [1.54, 1.807) is 0 Å². The predicted molar refractivity (Wildman–Crippen MR) is 126 cm³/mol. The zero-order valence-corrected chi connectivity index (χ0v) is 18.7. The number of rotatable bonds is 4. The van der Waals surface area contributed by atoms with Crippen molar-refractivity contribution in [2.24, 2.45) is 0 Å². The number of benzene rings is 3. The summed E-state index contributed by atoms with van der Waals surface area (Å²) in [6.45, 7) is 0. The van der Waals surface area contributed by atoms with Gasteiger partial charge in [-0.25, -0.2) is 9.07 Å². The van der Waals surface area contributed by atoms with Crippen molar-refractivity contribution in [3.63, 3.8) is 0 Å². The summed E-state index contributed by atoms with van der Waals surface area (Å²) in [6, 6.07) is 14.6. The van der Waals surface area contributed by atoms with E-state index in [2.05, 4.69) is 16.1 Å². The highest BCUT2D eigenvalue weighted by Gasteiger charge is 2.30. The Morgan fingerprint density at radius 3 is 2.22 bits per heavy atom. The quantitative estimate of drug-likeness (QED) is 0.249. The van der Waals surface area contributed by atoms with Crippen LogP contribution >= 0.6 is 11.6 Å². The number of anilines is 2. The maximum Gasteiger partial charge on any atom is 0.416 e. The monoisotopic (exact) mass is 518 g/mol. The van der Waals surface area contributed by atoms with Crippen LogP contribution in [0.5, 0.6) is 0 Å². The first-order valence-corrected chi connectivity index (χ1v) is 10.6. The smallest absolute Gasteiger partial charge is 0.321 e. The molecule has 4 aromatic rings. The molecule has 3 N–H and O–H groups in total. The highest BCUT2D eigenvalue weighted by Crippen LogP contribution is 2.30. The summed E-state index contributed by atoms with van der Waals surface area (Å²) in [5.41, 5.74) is 1.50. The molecular weight excluding hydrogens is 504 g/mol. The topological polar surface area (TPSA) is 92.2 Å². The van der Waals surface area contributed by atoms with Gasteiger partial charge in [0, 0.05) is 21.8 Å². The Morgan fingerprint density at radius 1 is 0.806 bits per heavy atom. The third kappa shape index (κ3) is 5.47. The van der Waals surface area contributed by atoms with Crippen molar-refractivity contribution in [1.82, 2.24) is 4.68 Å². The molecule has 0 saturated carbocycles. The first kappa shape index (κ1) is 24.7. The van der Waals surface area contributed by atoms with Crippen LogP contribution in [0.1, 0.15) is 16.1 Å². The number of hydrogen-bond acceptors (Lipinski definition) is 3. The summed E-state index contributed by atoms with van der Waals surface area (Å²) in [6.07, 6.45) is -4.64. The minimum atomic E-state index is -4.64. The minimum Gasteiger partial charge on any atom is -0.321 e. The van der Waals surface area contributed by atoms with Crippen LogP contribution in [0.4, 0.5) is 28.9 Å². The molecule has 0 aliphatic carbocycles. The van der Waals surface area contributed by atoms with Gasteiger partial charge in [-0.2, -0.15) is 13.2 Å². The average molecular weight is 519 g/mol. The third-order valence-corrected chi connectivity index (χ3v) is 5.20. The number of nitrogens with one attached hydrogen (secondary N) is 3. The summed E-state index contributed by atoms with van der Waals surface area (Å²) in [7, 11) is 0. The molecule has 184 valence electrons. The lowest BCUT2D eigenvalue weighted by Gasteiger charge is -2.13. The first-order chi connectivity index (χ1) is 17.0. The van der Waals surface area contributed by atoms with E-state index >= 15 is 0 Å². The standard InChI is InChI=1S/C24H15ClF4N4O3/c25-15-4-9-19-13(10-15)11-20(21(34)30-17-7-5-16(26)6-8-17)33(19)32-23(36)22(35)31-18-3-1-2-14(12-18)24(27,28)29/h1-12H,(H,30,34)(H,31,35)(H,32,36). The molecule has 0 atom stereocenters. The molecule has 0 fully saturated rings. The van der Waals surface area contributed by atoms with Crippen LogP contribution in [0.2, 0.25) is 5.02 Å². The van der Waals surface area contributed by atoms with Crippen LogP contribution in [0.3, 0.4) is 0 Å². The van der Waals surface area contributed by atoms with Crippen molar-refractivity contribution < 1.29 is 31.9 Å². The summed E-state index contributed by atoms with van der Waals surface area (Å²) in [5, 5.41) is 5.44. The lowest BCUT2D eigenvalue weighted by atomic mass is 10.2. The van der Waals surface area contributed by atoms with Crippen LogP contribution in [0.25, 0.3) is 10.9 Å². The van der Waals surface area contributed by atoms with E-state index < -0.39 is 35.3 Å². The normalized spacial score (nSPS) is 11.2. The Kier molecular flexibility index (Phi) is 6.67. The van der Waals surface area contributed by atoms with Gasteiger partial charge in [0.05, 0.1) is 11.1 Å². The molecule has 12 heteroatoms. The van der Waals surface area contributed by atoms with Crippen LogP contribution in [0.15, 0.2) is 72.8 Å². The van der Waals surface area contributed by atoms with Gasteiger partial charge in [-0.05, 0) is 66.7 Å². The molecule has 0 spiro atoms. The van der Waals surface area contributed by atoms with Crippen LogP contribution in [-0.4, -0.2) is 22.4 Å². The fourth-order valence-electron chi connectivity index (χ4n) is 3.32. The SMILES string of the molecule is O=C(Nc1cccc(C(F)(F)F)c1)C(=O)Nn1c(C(=O)Nc2ccc(F)cc2)cc2cc(Cl)ccc21. The molecule has 3 aromatic carbocycles. The number of carbonyl (C=O) groups is 3.